The molecule has 4 aromatic rings. The van der Waals surface area contributed by atoms with Gasteiger partial charge in [0.25, 0.3) is 17.2 Å². The van der Waals surface area contributed by atoms with Crippen molar-refractivity contribution in [3.8, 4) is 11.1 Å². The standard InChI is InChI=1S/C24H15FN2O4/c25-20-10-4-2-8-17(20)19-15-24(29)26(22-12-6-3-9-18(19)22)23(28)14-13-16-7-1-5-11-21(16)27(30)31/h1-15H. The lowest BCUT2D eigenvalue weighted by molar-refractivity contribution is -0.385. The molecule has 3 aromatic carbocycles. The van der Waals surface area contributed by atoms with Crippen LogP contribution in [0.15, 0.2) is 89.7 Å². The first-order chi connectivity index (χ1) is 15.0. The molecule has 0 aliphatic carbocycles. The Balaban J connectivity index is 1.85. The van der Waals surface area contributed by atoms with E-state index in [2.05, 4.69) is 0 Å². The number of carbonyl (C=O) groups is 1. The van der Waals surface area contributed by atoms with Crippen molar-refractivity contribution in [3.63, 3.8) is 0 Å². The van der Waals surface area contributed by atoms with Crippen LogP contribution in [0.3, 0.4) is 0 Å². The highest BCUT2D eigenvalue weighted by atomic mass is 19.1. The predicted molar refractivity (Wildman–Crippen MR) is 116 cm³/mol. The van der Waals surface area contributed by atoms with E-state index >= 15 is 0 Å². The quantitative estimate of drug-likeness (QED) is 0.265. The van der Waals surface area contributed by atoms with Crippen molar-refractivity contribution in [1.82, 2.24) is 4.57 Å². The molecule has 0 bridgehead atoms. The number of fused-ring (bicyclic) bond motifs is 1. The Bertz CT molecular complexity index is 1420. The molecule has 0 N–H and O–H groups in total. The van der Waals surface area contributed by atoms with Crippen LogP contribution in [0.5, 0.6) is 0 Å². The van der Waals surface area contributed by atoms with Crippen molar-refractivity contribution in [2.45, 2.75) is 0 Å². The maximum absolute atomic E-state index is 14.4. The highest BCUT2D eigenvalue weighted by Gasteiger charge is 2.16. The van der Waals surface area contributed by atoms with E-state index in [0.717, 1.165) is 10.6 Å². The van der Waals surface area contributed by atoms with Gasteiger partial charge in [0.05, 0.1) is 16.0 Å². The summed E-state index contributed by atoms with van der Waals surface area (Å²) in [7, 11) is 0. The van der Waals surface area contributed by atoms with Crippen LogP contribution in [0.2, 0.25) is 0 Å². The number of aromatic nitrogens is 1. The predicted octanol–water partition coefficient (Wildman–Crippen LogP) is 5.07. The molecule has 0 fully saturated rings. The number of allylic oxidation sites excluding steroid dienone is 1. The number of nitro benzene ring substituents is 1. The molecule has 0 amide bonds. The van der Waals surface area contributed by atoms with Gasteiger partial charge in [0.15, 0.2) is 0 Å². The molecule has 0 saturated carbocycles. The van der Waals surface area contributed by atoms with E-state index in [1.165, 1.54) is 36.4 Å². The molecule has 0 atom stereocenters. The third-order valence-electron chi connectivity index (χ3n) is 4.85. The summed E-state index contributed by atoms with van der Waals surface area (Å²) in [6, 6.07) is 20.0. The number of benzene rings is 3. The first-order valence-electron chi connectivity index (χ1n) is 9.33. The Kier molecular flexibility index (Phi) is 5.24. The number of pyridine rings is 1. The molecule has 0 radical (unpaired) electrons. The molecule has 0 aliphatic rings. The van der Waals surface area contributed by atoms with Crippen LogP contribution in [0, 0.1) is 15.9 Å². The Morgan fingerprint density at radius 3 is 2.39 bits per heavy atom. The summed E-state index contributed by atoms with van der Waals surface area (Å²) in [6.07, 6.45) is 2.41. The number of rotatable bonds is 4. The van der Waals surface area contributed by atoms with Crippen molar-refractivity contribution in [3.05, 3.63) is 117 Å². The second kappa shape index (κ2) is 8.16. The van der Waals surface area contributed by atoms with Gasteiger partial charge in [0, 0.05) is 29.2 Å². The van der Waals surface area contributed by atoms with Crippen LogP contribution < -0.4 is 5.56 Å². The monoisotopic (exact) mass is 414 g/mol. The van der Waals surface area contributed by atoms with Crippen LogP contribution in [-0.2, 0) is 0 Å². The third kappa shape index (κ3) is 3.76. The fourth-order valence-corrected chi connectivity index (χ4v) is 3.44. The Labute approximate surface area is 175 Å². The lowest BCUT2D eigenvalue weighted by atomic mass is 10.0. The topological polar surface area (TPSA) is 82.2 Å². The van der Waals surface area contributed by atoms with Crippen molar-refractivity contribution in [2.75, 3.05) is 0 Å². The largest absolute Gasteiger partial charge is 0.276 e. The van der Waals surface area contributed by atoms with E-state index in [1.54, 1.807) is 48.5 Å². The molecule has 1 heterocycles. The second-order valence-corrected chi connectivity index (χ2v) is 6.72. The molecular weight excluding hydrogens is 399 g/mol. The van der Waals surface area contributed by atoms with Crippen LogP contribution in [0.1, 0.15) is 10.4 Å². The zero-order valence-corrected chi connectivity index (χ0v) is 16.1. The Morgan fingerprint density at radius 1 is 0.935 bits per heavy atom. The van der Waals surface area contributed by atoms with Crippen molar-refractivity contribution < 1.29 is 14.1 Å². The van der Waals surface area contributed by atoms with E-state index in [4.69, 9.17) is 0 Å². The van der Waals surface area contributed by atoms with Crippen LogP contribution in [-0.4, -0.2) is 15.4 Å². The van der Waals surface area contributed by atoms with Gasteiger partial charge in [-0.3, -0.25) is 19.7 Å². The number of hydrogen-bond donors (Lipinski definition) is 0. The zero-order valence-electron chi connectivity index (χ0n) is 16.1. The lowest BCUT2D eigenvalue weighted by Gasteiger charge is -2.12. The Hall–Kier alpha value is -4.39. The maximum atomic E-state index is 14.4. The van der Waals surface area contributed by atoms with E-state index in [-0.39, 0.29) is 16.8 Å². The molecule has 31 heavy (non-hydrogen) atoms. The first-order valence-corrected chi connectivity index (χ1v) is 9.33. The van der Waals surface area contributed by atoms with Crippen LogP contribution in [0.4, 0.5) is 10.1 Å². The smallest absolute Gasteiger partial charge is 0.269 e. The van der Waals surface area contributed by atoms with Crippen molar-refractivity contribution in [1.29, 1.82) is 0 Å². The fraction of sp³-hybridized carbons (Fsp3) is 0. The summed E-state index contributed by atoms with van der Waals surface area (Å²) < 4.78 is 15.3. The van der Waals surface area contributed by atoms with E-state index in [1.807, 2.05) is 0 Å². The Morgan fingerprint density at radius 2 is 1.61 bits per heavy atom. The first kappa shape index (κ1) is 19.9. The minimum Gasteiger partial charge on any atom is -0.269 e. The SMILES string of the molecule is O=C(C=Cc1ccccc1[N+](=O)[O-])n1c(=O)cc(-c2ccccc2F)c2ccccc21. The maximum Gasteiger partial charge on any atom is 0.276 e. The number of hydrogen-bond acceptors (Lipinski definition) is 4. The summed E-state index contributed by atoms with van der Waals surface area (Å²) in [5.74, 6) is -1.15. The number of nitro groups is 1. The molecule has 7 heteroatoms. The van der Waals surface area contributed by atoms with E-state index < -0.39 is 22.2 Å². The van der Waals surface area contributed by atoms with Gasteiger partial charge in [-0.15, -0.1) is 0 Å². The lowest BCUT2D eigenvalue weighted by Crippen LogP contribution is -2.25. The molecule has 1 aromatic heterocycles. The highest BCUT2D eigenvalue weighted by Crippen LogP contribution is 2.29. The molecule has 152 valence electrons. The molecule has 0 unspecified atom stereocenters. The summed E-state index contributed by atoms with van der Waals surface area (Å²) in [5, 5.41) is 11.7. The summed E-state index contributed by atoms with van der Waals surface area (Å²) in [5.41, 5.74) is 0.399. The third-order valence-corrected chi connectivity index (χ3v) is 4.85. The second-order valence-electron chi connectivity index (χ2n) is 6.72. The fourth-order valence-electron chi connectivity index (χ4n) is 3.44. The molecular formula is C24H15FN2O4. The van der Waals surface area contributed by atoms with Gasteiger partial charge < -0.3 is 0 Å². The molecule has 0 spiro atoms. The van der Waals surface area contributed by atoms with E-state index in [0.29, 0.717) is 16.5 Å². The van der Waals surface area contributed by atoms with Gasteiger partial charge in [0.1, 0.15) is 5.82 Å². The van der Waals surface area contributed by atoms with Gasteiger partial charge in [0.2, 0.25) is 0 Å². The van der Waals surface area contributed by atoms with Gasteiger partial charge >= 0.3 is 0 Å². The van der Waals surface area contributed by atoms with Gasteiger partial charge in [-0.05, 0) is 29.8 Å². The summed E-state index contributed by atoms with van der Waals surface area (Å²) in [4.78, 5) is 36.3. The van der Waals surface area contributed by atoms with Crippen LogP contribution >= 0.6 is 0 Å². The number of nitrogens with zero attached hydrogens (tertiary/aromatic N) is 2. The zero-order chi connectivity index (χ0) is 22.0. The highest BCUT2D eigenvalue weighted by molar-refractivity contribution is 6.03. The normalized spacial score (nSPS) is 11.1. The van der Waals surface area contributed by atoms with Crippen molar-refractivity contribution in [2.24, 2.45) is 0 Å². The molecule has 6 nitrogen and oxygen atoms in total. The summed E-state index contributed by atoms with van der Waals surface area (Å²) in [6.45, 7) is 0. The molecule has 4 rings (SSSR count). The van der Waals surface area contributed by atoms with Crippen molar-refractivity contribution >= 4 is 28.6 Å². The molecule has 0 aliphatic heterocycles. The minimum absolute atomic E-state index is 0.154. The minimum atomic E-state index is -0.667. The number of carbonyl (C=O) groups excluding carboxylic acids is 1. The van der Waals surface area contributed by atoms with Crippen LogP contribution in [0.25, 0.3) is 28.1 Å². The number of halogens is 1. The van der Waals surface area contributed by atoms with E-state index in [9.17, 15) is 24.1 Å². The number of para-hydroxylation sites is 2. The average Bonchev–Trinajstić information content (AvgIpc) is 2.77. The average molecular weight is 414 g/mol. The molecule has 0 saturated heterocycles. The van der Waals surface area contributed by atoms with Gasteiger partial charge in [-0.25, -0.2) is 8.96 Å². The van der Waals surface area contributed by atoms with Gasteiger partial charge in [-0.1, -0.05) is 48.5 Å². The van der Waals surface area contributed by atoms with Gasteiger partial charge in [-0.2, -0.15) is 0 Å². The summed E-state index contributed by atoms with van der Waals surface area (Å²) >= 11 is 0.